The number of benzene rings is 2. The number of methoxy groups -OCH3 is 2. The van der Waals surface area contributed by atoms with Gasteiger partial charge in [0.1, 0.15) is 0 Å². The van der Waals surface area contributed by atoms with Crippen LogP contribution in [0.1, 0.15) is 23.6 Å². The summed E-state index contributed by atoms with van der Waals surface area (Å²) < 4.78 is 10.7. The van der Waals surface area contributed by atoms with Crippen molar-refractivity contribution in [2.75, 3.05) is 41.4 Å². The first-order valence-electron chi connectivity index (χ1n) is 10.0. The number of hydrogen-bond acceptors (Lipinski definition) is 4. The molecule has 6 nitrogen and oxygen atoms in total. The highest BCUT2D eigenvalue weighted by Gasteiger charge is 2.05. The Bertz CT molecular complexity index is 799. The van der Waals surface area contributed by atoms with Crippen LogP contribution in [0, 0.1) is 0 Å². The van der Waals surface area contributed by atoms with Crippen molar-refractivity contribution < 1.29 is 9.47 Å². The summed E-state index contributed by atoms with van der Waals surface area (Å²) in [6, 6.07) is 14.7. The first-order valence-corrected chi connectivity index (χ1v) is 10.0. The van der Waals surface area contributed by atoms with Crippen molar-refractivity contribution in [3.63, 3.8) is 0 Å². The molecule has 0 heterocycles. The normalized spacial score (nSPS) is 11.1. The van der Waals surface area contributed by atoms with Gasteiger partial charge in [0.2, 0.25) is 0 Å². The Kier molecular flexibility index (Phi) is 12.2. The van der Waals surface area contributed by atoms with Crippen LogP contribution < -0.4 is 20.1 Å². The third-order valence-electron chi connectivity index (χ3n) is 4.82. The third-order valence-corrected chi connectivity index (χ3v) is 4.82. The second-order valence-electron chi connectivity index (χ2n) is 6.94. The van der Waals surface area contributed by atoms with E-state index in [1.54, 1.807) is 21.3 Å². The second-order valence-corrected chi connectivity index (χ2v) is 6.94. The van der Waals surface area contributed by atoms with Crippen LogP contribution in [0.2, 0.25) is 0 Å². The van der Waals surface area contributed by atoms with Gasteiger partial charge in [-0.15, -0.1) is 24.0 Å². The van der Waals surface area contributed by atoms with E-state index in [2.05, 4.69) is 64.8 Å². The third kappa shape index (κ3) is 8.39. The molecule has 0 fully saturated rings. The molecule has 0 amide bonds. The van der Waals surface area contributed by atoms with Crippen molar-refractivity contribution in [2.45, 2.75) is 26.4 Å². The van der Waals surface area contributed by atoms with Gasteiger partial charge in [-0.2, -0.15) is 0 Å². The van der Waals surface area contributed by atoms with Crippen molar-refractivity contribution >= 4 is 29.9 Å². The molecular weight excluding hydrogens is 491 g/mol. The number of nitrogens with zero attached hydrogens (tertiary/aromatic N) is 2. The Morgan fingerprint density at radius 1 is 0.967 bits per heavy atom. The first kappa shape index (κ1) is 26.0. The molecule has 0 unspecified atom stereocenters. The smallest absolute Gasteiger partial charge is 0.191 e. The Morgan fingerprint density at radius 2 is 1.70 bits per heavy atom. The van der Waals surface area contributed by atoms with E-state index in [0.29, 0.717) is 0 Å². The fourth-order valence-corrected chi connectivity index (χ4v) is 3.03. The monoisotopic (exact) mass is 526 g/mol. The summed E-state index contributed by atoms with van der Waals surface area (Å²) in [7, 11) is 7.22. The molecule has 0 radical (unpaired) electrons. The number of guanidine groups is 1. The van der Waals surface area contributed by atoms with Gasteiger partial charge in [0.25, 0.3) is 0 Å². The van der Waals surface area contributed by atoms with Crippen molar-refractivity contribution in [3.8, 4) is 11.5 Å². The van der Waals surface area contributed by atoms with Gasteiger partial charge < -0.3 is 25.0 Å². The molecule has 0 aliphatic heterocycles. The zero-order valence-electron chi connectivity index (χ0n) is 18.7. The highest BCUT2D eigenvalue weighted by Crippen LogP contribution is 2.27. The molecular formula is C23H35IN4O2. The number of nitrogens with one attached hydrogen (secondary N) is 2. The second kappa shape index (κ2) is 14.1. The van der Waals surface area contributed by atoms with Crippen molar-refractivity contribution in [1.82, 2.24) is 15.5 Å². The quantitative estimate of drug-likeness (QED) is 0.281. The zero-order chi connectivity index (χ0) is 21.1. The summed E-state index contributed by atoms with van der Waals surface area (Å²) >= 11 is 0. The summed E-state index contributed by atoms with van der Waals surface area (Å²) in [5.74, 6) is 2.29. The van der Waals surface area contributed by atoms with E-state index in [1.807, 2.05) is 12.1 Å². The summed E-state index contributed by atoms with van der Waals surface area (Å²) in [5.41, 5.74) is 3.75. The van der Waals surface area contributed by atoms with Gasteiger partial charge >= 0.3 is 0 Å². The van der Waals surface area contributed by atoms with Gasteiger partial charge in [0.05, 0.1) is 14.2 Å². The van der Waals surface area contributed by atoms with Crippen LogP contribution >= 0.6 is 24.0 Å². The summed E-state index contributed by atoms with van der Waals surface area (Å²) in [6.45, 7) is 5.68. The lowest BCUT2D eigenvalue weighted by atomic mass is 10.1. The predicted molar refractivity (Wildman–Crippen MR) is 135 cm³/mol. The molecule has 0 aromatic heterocycles. The van der Waals surface area contributed by atoms with E-state index < -0.39 is 0 Å². The lowest BCUT2D eigenvalue weighted by molar-refractivity contribution is 0.345. The van der Waals surface area contributed by atoms with Crippen LogP contribution in [-0.2, 0) is 19.5 Å². The molecule has 166 valence electrons. The van der Waals surface area contributed by atoms with Crippen molar-refractivity contribution in [2.24, 2.45) is 4.99 Å². The molecule has 2 N–H and O–H groups in total. The number of ether oxygens (including phenoxy) is 2. The Morgan fingerprint density at radius 3 is 2.37 bits per heavy atom. The van der Waals surface area contributed by atoms with Gasteiger partial charge in [-0.1, -0.05) is 37.3 Å². The predicted octanol–water partition coefficient (Wildman–Crippen LogP) is 3.68. The molecule has 0 aliphatic rings. The first-order chi connectivity index (χ1) is 14.1. The fourth-order valence-electron chi connectivity index (χ4n) is 3.03. The highest BCUT2D eigenvalue weighted by atomic mass is 127. The lowest BCUT2D eigenvalue weighted by Gasteiger charge is -2.15. The molecule has 2 rings (SSSR count). The van der Waals surface area contributed by atoms with E-state index in [-0.39, 0.29) is 24.0 Å². The number of halogens is 1. The Hall–Kier alpha value is -2.00. The highest BCUT2D eigenvalue weighted by molar-refractivity contribution is 14.0. The maximum atomic E-state index is 5.37. The Balaban J connectivity index is 0.00000450. The summed E-state index contributed by atoms with van der Waals surface area (Å²) in [4.78, 5) is 6.61. The van der Waals surface area contributed by atoms with Crippen LogP contribution in [0.25, 0.3) is 0 Å². The van der Waals surface area contributed by atoms with Gasteiger partial charge in [-0.25, -0.2) is 0 Å². The number of aliphatic imine (C=N–C) groups is 1. The fraction of sp³-hybridized carbons (Fsp3) is 0.435. The van der Waals surface area contributed by atoms with Crippen LogP contribution in [0.15, 0.2) is 47.5 Å². The number of rotatable bonds is 10. The maximum Gasteiger partial charge on any atom is 0.191 e. The van der Waals surface area contributed by atoms with Crippen molar-refractivity contribution in [1.29, 1.82) is 0 Å². The molecule has 0 saturated heterocycles. The molecule has 30 heavy (non-hydrogen) atoms. The van der Waals surface area contributed by atoms with Crippen molar-refractivity contribution in [3.05, 3.63) is 59.2 Å². The van der Waals surface area contributed by atoms with E-state index in [9.17, 15) is 0 Å². The number of hydrogen-bond donors (Lipinski definition) is 2. The standard InChI is InChI=1S/C23H34N4O2.HI/c1-6-27(3)17-20-9-7-8-19(14-20)16-26-23(24-2)25-13-12-18-10-11-21(28-4)22(15-18)29-5;/h7-11,14-15H,6,12-13,16-17H2,1-5H3,(H2,24,25,26);1H. The molecule has 7 heteroatoms. The van der Waals surface area contributed by atoms with E-state index in [4.69, 9.17) is 9.47 Å². The lowest BCUT2D eigenvalue weighted by Crippen LogP contribution is -2.37. The molecule has 0 saturated carbocycles. The minimum absolute atomic E-state index is 0. The zero-order valence-corrected chi connectivity index (χ0v) is 21.0. The van der Waals surface area contributed by atoms with Gasteiger partial charge in [-0.05, 0) is 48.8 Å². The molecule has 0 aliphatic carbocycles. The Labute approximate surface area is 198 Å². The van der Waals surface area contributed by atoms with Gasteiger partial charge in [0, 0.05) is 26.7 Å². The topological polar surface area (TPSA) is 58.1 Å². The maximum absolute atomic E-state index is 5.37. The minimum atomic E-state index is 0. The molecule has 2 aromatic rings. The average molecular weight is 526 g/mol. The summed E-state index contributed by atoms with van der Waals surface area (Å²) in [5, 5.41) is 6.76. The molecule has 0 spiro atoms. The SMILES string of the molecule is CCN(C)Cc1cccc(CNC(=NC)NCCc2ccc(OC)c(OC)c2)c1.I. The molecule has 0 atom stereocenters. The average Bonchev–Trinajstić information content (AvgIpc) is 2.76. The van der Waals surface area contributed by atoms with Crippen LogP contribution in [0.4, 0.5) is 0 Å². The summed E-state index contributed by atoms with van der Waals surface area (Å²) in [6.07, 6.45) is 0.861. The van der Waals surface area contributed by atoms with Crippen LogP contribution in [0.5, 0.6) is 11.5 Å². The van der Waals surface area contributed by atoms with Crippen LogP contribution in [-0.4, -0.2) is 52.3 Å². The van der Waals surface area contributed by atoms with E-state index in [1.165, 1.54) is 16.7 Å². The van der Waals surface area contributed by atoms with Gasteiger partial charge in [0.15, 0.2) is 17.5 Å². The molecule has 2 aromatic carbocycles. The largest absolute Gasteiger partial charge is 0.493 e. The molecule has 0 bridgehead atoms. The van der Waals surface area contributed by atoms with E-state index >= 15 is 0 Å². The van der Waals surface area contributed by atoms with Crippen LogP contribution in [0.3, 0.4) is 0 Å². The van der Waals surface area contributed by atoms with Gasteiger partial charge in [-0.3, -0.25) is 4.99 Å². The minimum Gasteiger partial charge on any atom is -0.493 e. The van der Waals surface area contributed by atoms with E-state index in [0.717, 1.165) is 50.1 Å².